The van der Waals surface area contributed by atoms with Crippen molar-refractivity contribution in [3.05, 3.63) is 70.8 Å². The maximum absolute atomic E-state index is 3.56. The number of hydrogen-bond acceptors (Lipinski definition) is 1. The summed E-state index contributed by atoms with van der Waals surface area (Å²) < 4.78 is 3.39. The molecule has 0 atom stereocenters. The van der Waals surface area contributed by atoms with Crippen molar-refractivity contribution in [1.82, 2.24) is 4.57 Å². The number of benzene rings is 2. The SMILES string of the molecule is Cc1ccc(-c2cccc(Br)c2)n1-c1ccc(N(C)C)cc1. The third-order valence-corrected chi connectivity index (χ3v) is 4.31. The van der Waals surface area contributed by atoms with Gasteiger partial charge in [-0.15, -0.1) is 0 Å². The van der Waals surface area contributed by atoms with Gasteiger partial charge in [-0.2, -0.15) is 0 Å². The molecule has 0 saturated heterocycles. The van der Waals surface area contributed by atoms with Crippen LogP contribution in [0, 0.1) is 6.92 Å². The highest BCUT2D eigenvalue weighted by Gasteiger charge is 2.10. The first-order valence-electron chi connectivity index (χ1n) is 7.28. The number of aromatic nitrogens is 1. The first-order valence-corrected chi connectivity index (χ1v) is 8.07. The van der Waals surface area contributed by atoms with Crippen LogP contribution >= 0.6 is 15.9 Å². The summed E-state index contributed by atoms with van der Waals surface area (Å²) >= 11 is 3.56. The summed E-state index contributed by atoms with van der Waals surface area (Å²) in [7, 11) is 4.12. The van der Waals surface area contributed by atoms with Gasteiger partial charge in [0.1, 0.15) is 0 Å². The number of nitrogens with zero attached hydrogens (tertiary/aromatic N) is 2. The van der Waals surface area contributed by atoms with Gasteiger partial charge in [0, 0.05) is 35.6 Å². The number of aryl methyl sites for hydroxylation is 1. The first-order chi connectivity index (χ1) is 10.6. The Morgan fingerprint density at radius 2 is 1.64 bits per heavy atom. The summed E-state index contributed by atoms with van der Waals surface area (Å²) in [5.74, 6) is 0. The van der Waals surface area contributed by atoms with E-state index in [2.05, 4.69) is 107 Å². The molecule has 0 bridgehead atoms. The number of anilines is 1. The van der Waals surface area contributed by atoms with Crippen LogP contribution in [0.15, 0.2) is 65.1 Å². The minimum absolute atomic E-state index is 1.10. The Labute approximate surface area is 140 Å². The molecule has 0 spiro atoms. The maximum atomic E-state index is 3.56. The van der Waals surface area contributed by atoms with Gasteiger partial charge < -0.3 is 9.47 Å². The van der Waals surface area contributed by atoms with Gasteiger partial charge >= 0.3 is 0 Å². The van der Waals surface area contributed by atoms with E-state index in [1.165, 1.54) is 28.3 Å². The Kier molecular flexibility index (Phi) is 4.08. The fourth-order valence-corrected chi connectivity index (χ4v) is 3.05. The molecule has 0 aliphatic rings. The highest BCUT2D eigenvalue weighted by atomic mass is 79.9. The Bertz CT molecular complexity index is 785. The molecule has 0 fully saturated rings. The molecular formula is C19H19BrN2. The molecule has 0 aliphatic heterocycles. The summed E-state index contributed by atoms with van der Waals surface area (Å²) in [4.78, 5) is 2.11. The van der Waals surface area contributed by atoms with E-state index in [9.17, 15) is 0 Å². The van der Waals surface area contributed by atoms with Crippen molar-refractivity contribution < 1.29 is 0 Å². The van der Waals surface area contributed by atoms with Crippen molar-refractivity contribution in [1.29, 1.82) is 0 Å². The molecule has 3 aromatic rings. The molecular weight excluding hydrogens is 336 g/mol. The molecule has 0 radical (unpaired) electrons. The van der Waals surface area contributed by atoms with Gasteiger partial charge in [-0.3, -0.25) is 0 Å². The van der Waals surface area contributed by atoms with Crippen LogP contribution in [0.2, 0.25) is 0 Å². The zero-order valence-electron chi connectivity index (χ0n) is 13.0. The molecule has 112 valence electrons. The summed E-state index contributed by atoms with van der Waals surface area (Å²) in [5.41, 5.74) is 6.03. The summed E-state index contributed by atoms with van der Waals surface area (Å²) in [6, 6.07) is 21.4. The van der Waals surface area contributed by atoms with E-state index >= 15 is 0 Å². The summed E-state index contributed by atoms with van der Waals surface area (Å²) in [6.45, 7) is 2.14. The van der Waals surface area contributed by atoms with E-state index < -0.39 is 0 Å². The van der Waals surface area contributed by atoms with Gasteiger partial charge in [0.25, 0.3) is 0 Å². The molecule has 1 heterocycles. The maximum Gasteiger partial charge on any atom is 0.0531 e. The zero-order chi connectivity index (χ0) is 15.7. The van der Waals surface area contributed by atoms with Crippen LogP contribution in [0.25, 0.3) is 16.9 Å². The second-order valence-electron chi connectivity index (χ2n) is 5.62. The molecule has 0 aliphatic carbocycles. The zero-order valence-corrected chi connectivity index (χ0v) is 14.6. The predicted molar refractivity (Wildman–Crippen MR) is 98.0 cm³/mol. The smallest absolute Gasteiger partial charge is 0.0531 e. The normalized spacial score (nSPS) is 10.7. The van der Waals surface area contributed by atoms with Crippen LogP contribution in [0.4, 0.5) is 5.69 Å². The number of hydrogen-bond donors (Lipinski definition) is 0. The van der Waals surface area contributed by atoms with Gasteiger partial charge in [0.05, 0.1) is 5.69 Å². The average Bonchev–Trinajstić information content (AvgIpc) is 2.89. The monoisotopic (exact) mass is 354 g/mol. The topological polar surface area (TPSA) is 8.17 Å². The van der Waals surface area contributed by atoms with Crippen LogP contribution in [0.3, 0.4) is 0 Å². The lowest BCUT2D eigenvalue weighted by atomic mass is 10.1. The Morgan fingerprint density at radius 3 is 2.27 bits per heavy atom. The first kappa shape index (κ1) is 14.9. The van der Waals surface area contributed by atoms with E-state index in [1.807, 2.05) is 0 Å². The van der Waals surface area contributed by atoms with Crippen LogP contribution in [0.1, 0.15) is 5.69 Å². The molecule has 0 saturated carbocycles. The quantitative estimate of drug-likeness (QED) is 0.620. The second kappa shape index (κ2) is 6.01. The molecule has 3 rings (SSSR count). The van der Waals surface area contributed by atoms with Gasteiger partial charge in [0.2, 0.25) is 0 Å². The summed E-state index contributed by atoms with van der Waals surface area (Å²) in [6.07, 6.45) is 0. The van der Waals surface area contributed by atoms with Crippen molar-refractivity contribution in [2.45, 2.75) is 6.92 Å². The van der Waals surface area contributed by atoms with Gasteiger partial charge in [-0.1, -0.05) is 28.1 Å². The predicted octanol–water partition coefficient (Wildman–Crippen LogP) is 5.28. The van der Waals surface area contributed by atoms with Crippen molar-refractivity contribution in [3.8, 4) is 16.9 Å². The van der Waals surface area contributed by atoms with Crippen LogP contribution < -0.4 is 4.90 Å². The largest absolute Gasteiger partial charge is 0.378 e. The lowest BCUT2D eigenvalue weighted by molar-refractivity contribution is 1.02. The highest BCUT2D eigenvalue weighted by molar-refractivity contribution is 9.10. The standard InChI is InChI=1S/C19H19BrN2/c1-14-7-12-19(15-5-4-6-16(20)13-15)22(14)18-10-8-17(9-11-18)21(2)3/h4-13H,1-3H3. The Morgan fingerprint density at radius 1 is 0.909 bits per heavy atom. The molecule has 0 amide bonds. The number of halogens is 1. The van der Waals surface area contributed by atoms with Gasteiger partial charge in [-0.25, -0.2) is 0 Å². The van der Waals surface area contributed by atoms with Crippen LogP contribution in [-0.4, -0.2) is 18.7 Å². The van der Waals surface area contributed by atoms with E-state index in [1.54, 1.807) is 0 Å². The van der Waals surface area contributed by atoms with Gasteiger partial charge in [-0.05, 0) is 61.0 Å². The lowest BCUT2D eigenvalue weighted by Crippen LogP contribution is -2.08. The van der Waals surface area contributed by atoms with E-state index in [0.717, 1.165) is 4.47 Å². The third-order valence-electron chi connectivity index (χ3n) is 3.82. The van der Waals surface area contributed by atoms with Crippen LogP contribution in [-0.2, 0) is 0 Å². The minimum Gasteiger partial charge on any atom is -0.378 e. The van der Waals surface area contributed by atoms with E-state index in [4.69, 9.17) is 0 Å². The van der Waals surface area contributed by atoms with E-state index in [-0.39, 0.29) is 0 Å². The fraction of sp³-hybridized carbons (Fsp3) is 0.158. The van der Waals surface area contributed by atoms with Crippen molar-refractivity contribution in [2.75, 3.05) is 19.0 Å². The molecule has 2 aromatic carbocycles. The van der Waals surface area contributed by atoms with Gasteiger partial charge in [0.15, 0.2) is 0 Å². The molecule has 22 heavy (non-hydrogen) atoms. The van der Waals surface area contributed by atoms with Crippen molar-refractivity contribution in [2.24, 2.45) is 0 Å². The molecule has 0 unspecified atom stereocenters. The second-order valence-corrected chi connectivity index (χ2v) is 6.53. The molecule has 1 aromatic heterocycles. The molecule has 2 nitrogen and oxygen atoms in total. The fourth-order valence-electron chi connectivity index (χ4n) is 2.65. The summed E-state index contributed by atoms with van der Waals surface area (Å²) in [5, 5.41) is 0. The molecule has 0 N–H and O–H groups in total. The third kappa shape index (κ3) is 2.81. The lowest BCUT2D eigenvalue weighted by Gasteiger charge is -2.16. The Hall–Kier alpha value is -2.00. The van der Waals surface area contributed by atoms with Crippen molar-refractivity contribution in [3.63, 3.8) is 0 Å². The Balaban J connectivity index is 2.09. The molecule has 3 heteroatoms. The number of rotatable bonds is 3. The average molecular weight is 355 g/mol. The highest BCUT2D eigenvalue weighted by Crippen LogP contribution is 2.29. The van der Waals surface area contributed by atoms with Crippen molar-refractivity contribution >= 4 is 21.6 Å². The minimum atomic E-state index is 1.10. The van der Waals surface area contributed by atoms with E-state index in [0.29, 0.717) is 0 Å². The van der Waals surface area contributed by atoms with Crippen LogP contribution in [0.5, 0.6) is 0 Å².